The van der Waals surface area contributed by atoms with E-state index < -0.39 is 0 Å². The minimum Gasteiger partial charge on any atom is -0.496 e. The summed E-state index contributed by atoms with van der Waals surface area (Å²) in [6.07, 6.45) is 4.50. The van der Waals surface area contributed by atoms with E-state index in [4.69, 9.17) is 9.47 Å². The van der Waals surface area contributed by atoms with Gasteiger partial charge in [-0.15, -0.1) is 0 Å². The number of carbonyl (C=O) groups excluding carboxylic acids is 1. The molecule has 1 saturated carbocycles. The lowest BCUT2D eigenvalue weighted by Crippen LogP contribution is -2.37. The van der Waals surface area contributed by atoms with E-state index in [9.17, 15) is 4.79 Å². The summed E-state index contributed by atoms with van der Waals surface area (Å²) in [6.45, 7) is 4.19. The minimum absolute atomic E-state index is 0.0499. The summed E-state index contributed by atoms with van der Waals surface area (Å²) in [7, 11) is 3.21. The highest BCUT2D eigenvalue weighted by atomic mass is 16.5. The summed E-state index contributed by atoms with van der Waals surface area (Å²) in [5.74, 6) is 2.08. The second kappa shape index (κ2) is 6.83. The van der Waals surface area contributed by atoms with Crippen molar-refractivity contribution in [3.63, 3.8) is 0 Å². The van der Waals surface area contributed by atoms with Crippen LogP contribution in [0, 0.1) is 12.8 Å². The van der Waals surface area contributed by atoms with Crippen LogP contribution in [0.5, 0.6) is 11.5 Å². The molecule has 0 heterocycles. The lowest BCUT2D eigenvalue weighted by atomic mass is 9.87. The highest BCUT2D eigenvalue weighted by Gasteiger charge is 2.21. The van der Waals surface area contributed by atoms with Crippen LogP contribution in [0.15, 0.2) is 12.1 Å². The van der Waals surface area contributed by atoms with Gasteiger partial charge < -0.3 is 14.8 Å². The van der Waals surface area contributed by atoms with Gasteiger partial charge in [-0.05, 0) is 50.7 Å². The molecule has 1 aromatic rings. The van der Waals surface area contributed by atoms with Gasteiger partial charge in [-0.25, -0.2) is 0 Å². The third-order valence-corrected chi connectivity index (χ3v) is 4.37. The first-order valence-electron chi connectivity index (χ1n) is 7.58. The van der Waals surface area contributed by atoms with E-state index in [-0.39, 0.29) is 11.9 Å². The quantitative estimate of drug-likeness (QED) is 0.925. The number of nitrogens with one attached hydrogen (secondary N) is 1. The topological polar surface area (TPSA) is 47.6 Å². The lowest BCUT2D eigenvalue weighted by Gasteiger charge is -2.27. The van der Waals surface area contributed by atoms with E-state index in [1.54, 1.807) is 26.4 Å². The summed E-state index contributed by atoms with van der Waals surface area (Å²) in [6, 6.07) is 3.84. The predicted octanol–water partition coefficient (Wildman–Crippen LogP) is 3.32. The van der Waals surface area contributed by atoms with Crippen LogP contribution in [0.3, 0.4) is 0 Å². The average Bonchev–Trinajstić information content (AvgIpc) is 2.49. The zero-order chi connectivity index (χ0) is 15.4. The first-order valence-corrected chi connectivity index (χ1v) is 7.58. The van der Waals surface area contributed by atoms with Crippen molar-refractivity contribution >= 4 is 5.91 Å². The molecule has 0 aliphatic heterocycles. The molecule has 1 aromatic carbocycles. The van der Waals surface area contributed by atoms with Crippen LogP contribution in [-0.2, 0) is 0 Å². The van der Waals surface area contributed by atoms with Crippen molar-refractivity contribution in [2.75, 3.05) is 14.2 Å². The summed E-state index contributed by atoms with van der Waals surface area (Å²) in [5.41, 5.74) is 1.50. The molecule has 0 atom stereocenters. The molecule has 0 saturated heterocycles. The molecular formula is C17H25NO3. The van der Waals surface area contributed by atoms with Crippen molar-refractivity contribution in [2.45, 2.75) is 45.6 Å². The maximum absolute atomic E-state index is 12.4. The highest BCUT2D eigenvalue weighted by Crippen LogP contribution is 2.30. The van der Waals surface area contributed by atoms with Gasteiger partial charge >= 0.3 is 0 Å². The monoisotopic (exact) mass is 291 g/mol. The number of ether oxygens (including phenoxy) is 2. The molecule has 4 nitrogen and oxygen atoms in total. The third-order valence-electron chi connectivity index (χ3n) is 4.37. The smallest absolute Gasteiger partial charge is 0.251 e. The fourth-order valence-corrected chi connectivity index (χ4v) is 2.89. The number of hydrogen-bond donors (Lipinski definition) is 1. The Labute approximate surface area is 126 Å². The first-order chi connectivity index (χ1) is 10.0. The van der Waals surface area contributed by atoms with E-state index >= 15 is 0 Å². The zero-order valence-electron chi connectivity index (χ0n) is 13.4. The van der Waals surface area contributed by atoms with Crippen LogP contribution in [0.4, 0.5) is 0 Å². The van der Waals surface area contributed by atoms with Gasteiger partial charge in [0.05, 0.1) is 14.2 Å². The molecule has 2 rings (SSSR count). The van der Waals surface area contributed by atoms with E-state index in [0.717, 1.165) is 24.3 Å². The summed E-state index contributed by atoms with van der Waals surface area (Å²) in [4.78, 5) is 12.4. The minimum atomic E-state index is -0.0499. The molecule has 21 heavy (non-hydrogen) atoms. The van der Waals surface area contributed by atoms with Crippen molar-refractivity contribution in [1.29, 1.82) is 0 Å². The average molecular weight is 291 g/mol. The molecule has 1 aliphatic rings. The molecule has 116 valence electrons. The van der Waals surface area contributed by atoms with Crippen molar-refractivity contribution in [3.05, 3.63) is 23.3 Å². The van der Waals surface area contributed by atoms with Crippen LogP contribution in [0.1, 0.15) is 48.5 Å². The van der Waals surface area contributed by atoms with E-state index in [1.165, 1.54) is 12.8 Å². The van der Waals surface area contributed by atoms with Crippen molar-refractivity contribution < 1.29 is 14.3 Å². The molecule has 1 aliphatic carbocycles. The molecule has 1 N–H and O–H groups in total. The normalized spacial score (nSPS) is 21.7. The Balaban J connectivity index is 2.11. The van der Waals surface area contributed by atoms with Crippen LogP contribution in [-0.4, -0.2) is 26.2 Å². The Kier molecular flexibility index (Phi) is 5.10. The molecule has 1 amide bonds. The van der Waals surface area contributed by atoms with Gasteiger partial charge in [0.15, 0.2) is 0 Å². The molecular weight excluding hydrogens is 266 g/mol. The van der Waals surface area contributed by atoms with E-state index in [2.05, 4.69) is 12.2 Å². The first kappa shape index (κ1) is 15.7. The number of rotatable bonds is 4. The highest BCUT2D eigenvalue weighted by molar-refractivity contribution is 5.95. The van der Waals surface area contributed by atoms with Gasteiger partial charge in [0.1, 0.15) is 11.5 Å². The SMILES string of the molecule is COc1cc(C(=O)NC2CCC(C)CC2)cc(OC)c1C. The Morgan fingerprint density at radius 3 is 2.10 bits per heavy atom. The Hall–Kier alpha value is -1.71. The second-order valence-corrected chi connectivity index (χ2v) is 5.94. The molecule has 0 radical (unpaired) electrons. The van der Waals surface area contributed by atoms with Crippen molar-refractivity contribution in [3.8, 4) is 11.5 Å². The van der Waals surface area contributed by atoms with Gasteiger partial charge in [0.2, 0.25) is 0 Å². The Morgan fingerprint density at radius 2 is 1.62 bits per heavy atom. The lowest BCUT2D eigenvalue weighted by molar-refractivity contribution is 0.0922. The number of amides is 1. The maximum Gasteiger partial charge on any atom is 0.251 e. The van der Waals surface area contributed by atoms with Gasteiger partial charge in [-0.3, -0.25) is 4.79 Å². The second-order valence-electron chi connectivity index (χ2n) is 5.94. The maximum atomic E-state index is 12.4. The number of hydrogen-bond acceptors (Lipinski definition) is 3. The molecule has 0 spiro atoms. The van der Waals surface area contributed by atoms with Crippen molar-refractivity contribution in [2.24, 2.45) is 5.92 Å². The Bertz CT molecular complexity index is 480. The standard InChI is InChI=1S/C17H25NO3/c1-11-5-7-14(8-6-11)18-17(19)13-9-15(20-3)12(2)16(10-13)21-4/h9-11,14H,5-8H2,1-4H3,(H,18,19). The van der Waals surface area contributed by atoms with Crippen LogP contribution in [0.2, 0.25) is 0 Å². The van der Waals surface area contributed by atoms with Crippen LogP contribution >= 0.6 is 0 Å². The molecule has 1 fully saturated rings. The van der Waals surface area contributed by atoms with Gasteiger partial charge in [-0.2, -0.15) is 0 Å². The molecule has 0 bridgehead atoms. The predicted molar refractivity (Wildman–Crippen MR) is 83.2 cm³/mol. The third kappa shape index (κ3) is 3.69. The zero-order valence-corrected chi connectivity index (χ0v) is 13.4. The number of benzene rings is 1. The van der Waals surface area contributed by atoms with Crippen LogP contribution < -0.4 is 14.8 Å². The van der Waals surface area contributed by atoms with Gasteiger partial charge in [0.25, 0.3) is 5.91 Å². The van der Waals surface area contributed by atoms with Gasteiger partial charge in [-0.1, -0.05) is 6.92 Å². The Morgan fingerprint density at radius 1 is 1.10 bits per heavy atom. The molecule has 4 heteroatoms. The largest absolute Gasteiger partial charge is 0.496 e. The summed E-state index contributed by atoms with van der Waals surface area (Å²) >= 11 is 0. The summed E-state index contributed by atoms with van der Waals surface area (Å²) in [5, 5.41) is 3.13. The fourth-order valence-electron chi connectivity index (χ4n) is 2.89. The number of carbonyl (C=O) groups is 1. The molecule has 0 aromatic heterocycles. The summed E-state index contributed by atoms with van der Waals surface area (Å²) < 4.78 is 10.6. The molecule has 0 unspecified atom stereocenters. The number of methoxy groups -OCH3 is 2. The van der Waals surface area contributed by atoms with E-state index in [0.29, 0.717) is 17.1 Å². The van der Waals surface area contributed by atoms with Gasteiger partial charge in [0, 0.05) is 17.2 Å². The van der Waals surface area contributed by atoms with E-state index in [1.807, 2.05) is 6.92 Å². The van der Waals surface area contributed by atoms with Crippen LogP contribution in [0.25, 0.3) is 0 Å². The van der Waals surface area contributed by atoms with Crippen molar-refractivity contribution in [1.82, 2.24) is 5.32 Å². The fraction of sp³-hybridized carbons (Fsp3) is 0.588.